The third-order valence-electron chi connectivity index (χ3n) is 2.97. The predicted molar refractivity (Wildman–Crippen MR) is 67.3 cm³/mol. The van der Waals surface area contributed by atoms with E-state index < -0.39 is 5.41 Å². The van der Waals surface area contributed by atoms with Gasteiger partial charge in [-0.25, -0.2) is 0 Å². The SMILES string of the molecule is CC1CC(C#N)(C(=O)NCC(=O)NC(C)(C)C)C1. The topological polar surface area (TPSA) is 82.0 Å². The van der Waals surface area contributed by atoms with Gasteiger partial charge < -0.3 is 10.6 Å². The molecule has 0 heterocycles. The van der Waals surface area contributed by atoms with E-state index >= 15 is 0 Å². The van der Waals surface area contributed by atoms with Crippen LogP contribution >= 0.6 is 0 Å². The van der Waals surface area contributed by atoms with E-state index in [-0.39, 0.29) is 23.9 Å². The minimum Gasteiger partial charge on any atom is -0.350 e. The maximum absolute atomic E-state index is 11.9. The van der Waals surface area contributed by atoms with Crippen LogP contribution in [0.2, 0.25) is 0 Å². The van der Waals surface area contributed by atoms with Crippen molar-refractivity contribution in [3.05, 3.63) is 0 Å². The van der Waals surface area contributed by atoms with Crippen LogP contribution < -0.4 is 10.6 Å². The maximum Gasteiger partial charge on any atom is 0.240 e. The van der Waals surface area contributed by atoms with E-state index in [0.29, 0.717) is 18.8 Å². The zero-order chi connectivity index (χ0) is 14.0. The summed E-state index contributed by atoms with van der Waals surface area (Å²) in [4.78, 5) is 23.4. The lowest BCUT2D eigenvalue weighted by molar-refractivity contribution is -0.136. The van der Waals surface area contributed by atoms with Crippen molar-refractivity contribution < 1.29 is 9.59 Å². The van der Waals surface area contributed by atoms with Gasteiger partial charge in [0.05, 0.1) is 12.6 Å². The molecule has 5 heteroatoms. The number of nitrogens with one attached hydrogen (secondary N) is 2. The van der Waals surface area contributed by atoms with Crippen molar-refractivity contribution in [1.82, 2.24) is 10.6 Å². The Labute approximate surface area is 108 Å². The number of nitrogens with zero attached hydrogens (tertiary/aromatic N) is 1. The Kier molecular flexibility index (Phi) is 4.00. The molecule has 0 bridgehead atoms. The molecule has 1 aliphatic carbocycles. The van der Waals surface area contributed by atoms with E-state index in [2.05, 4.69) is 16.7 Å². The van der Waals surface area contributed by atoms with E-state index in [0.717, 1.165) is 0 Å². The summed E-state index contributed by atoms with van der Waals surface area (Å²) >= 11 is 0. The van der Waals surface area contributed by atoms with Crippen molar-refractivity contribution in [3.8, 4) is 6.07 Å². The summed E-state index contributed by atoms with van der Waals surface area (Å²) in [6.07, 6.45) is 1.16. The Hall–Kier alpha value is -1.57. The third-order valence-corrected chi connectivity index (χ3v) is 2.97. The van der Waals surface area contributed by atoms with Gasteiger partial charge in [0.1, 0.15) is 5.41 Å². The minimum atomic E-state index is -0.915. The molecule has 18 heavy (non-hydrogen) atoms. The van der Waals surface area contributed by atoms with Crippen molar-refractivity contribution in [1.29, 1.82) is 5.26 Å². The summed E-state index contributed by atoms with van der Waals surface area (Å²) in [5, 5.41) is 14.4. The zero-order valence-corrected chi connectivity index (χ0v) is 11.5. The van der Waals surface area contributed by atoms with Gasteiger partial charge in [0.25, 0.3) is 0 Å². The summed E-state index contributed by atoms with van der Waals surface area (Å²) < 4.78 is 0. The van der Waals surface area contributed by atoms with E-state index in [1.54, 1.807) is 0 Å². The summed E-state index contributed by atoms with van der Waals surface area (Å²) in [5.41, 5.74) is -1.23. The number of rotatable bonds is 3. The molecule has 2 N–H and O–H groups in total. The van der Waals surface area contributed by atoms with E-state index in [1.807, 2.05) is 27.7 Å². The Bertz CT molecular complexity index is 384. The highest BCUT2D eigenvalue weighted by Crippen LogP contribution is 2.44. The Morgan fingerprint density at radius 3 is 2.33 bits per heavy atom. The highest BCUT2D eigenvalue weighted by molar-refractivity contribution is 5.90. The minimum absolute atomic E-state index is 0.0755. The van der Waals surface area contributed by atoms with Crippen molar-refractivity contribution in [3.63, 3.8) is 0 Å². The molecule has 1 fully saturated rings. The first-order chi connectivity index (χ1) is 8.18. The van der Waals surface area contributed by atoms with Crippen molar-refractivity contribution >= 4 is 11.8 Å². The van der Waals surface area contributed by atoms with Crippen molar-refractivity contribution in [2.45, 2.75) is 46.1 Å². The lowest BCUT2D eigenvalue weighted by Gasteiger charge is -2.39. The zero-order valence-electron chi connectivity index (χ0n) is 11.5. The van der Waals surface area contributed by atoms with Gasteiger partial charge in [-0.3, -0.25) is 9.59 Å². The first-order valence-electron chi connectivity index (χ1n) is 6.19. The predicted octanol–water partition coefficient (Wildman–Crippen LogP) is 0.957. The first kappa shape index (κ1) is 14.5. The second-order valence-electron chi connectivity index (χ2n) is 6.19. The van der Waals surface area contributed by atoms with Crippen LogP contribution in [-0.2, 0) is 9.59 Å². The molecule has 0 aromatic heterocycles. The first-order valence-corrected chi connectivity index (χ1v) is 6.19. The van der Waals surface area contributed by atoms with Crippen LogP contribution in [0.4, 0.5) is 0 Å². The molecule has 100 valence electrons. The van der Waals surface area contributed by atoms with Gasteiger partial charge in [-0.1, -0.05) is 6.92 Å². The van der Waals surface area contributed by atoms with Crippen molar-refractivity contribution in [2.24, 2.45) is 11.3 Å². The Balaban J connectivity index is 2.43. The van der Waals surface area contributed by atoms with Crippen LogP contribution in [0.5, 0.6) is 0 Å². The van der Waals surface area contributed by atoms with Gasteiger partial charge in [0, 0.05) is 5.54 Å². The molecular weight excluding hydrogens is 230 g/mol. The third kappa shape index (κ3) is 3.46. The van der Waals surface area contributed by atoms with Crippen LogP contribution in [0, 0.1) is 22.7 Å². The van der Waals surface area contributed by atoms with Crippen molar-refractivity contribution in [2.75, 3.05) is 6.54 Å². The van der Waals surface area contributed by atoms with Gasteiger partial charge in [-0.15, -0.1) is 0 Å². The summed E-state index contributed by atoms with van der Waals surface area (Å²) in [6, 6.07) is 2.07. The van der Waals surface area contributed by atoms with Gasteiger partial charge in [-0.05, 0) is 39.5 Å². The number of carbonyl (C=O) groups excluding carboxylic acids is 2. The number of hydrogen-bond acceptors (Lipinski definition) is 3. The monoisotopic (exact) mass is 251 g/mol. The molecule has 0 saturated heterocycles. The van der Waals surface area contributed by atoms with Gasteiger partial charge in [-0.2, -0.15) is 5.26 Å². The lowest BCUT2D eigenvalue weighted by atomic mass is 9.63. The largest absolute Gasteiger partial charge is 0.350 e. The summed E-state index contributed by atoms with van der Waals surface area (Å²) in [6.45, 7) is 7.55. The number of amides is 2. The fourth-order valence-corrected chi connectivity index (χ4v) is 2.25. The highest BCUT2D eigenvalue weighted by atomic mass is 16.2. The smallest absolute Gasteiger partial charge is 0.240 e. The quantitative estimate of drug-likeness (QED) is 0.783. The molecule has 1 saturated carbocycles. The average molecular weight is 251 g/mol. The normalized spacial score (nSPS) is 26.7. The summed E-state index contributed by atoms with van der Waals surface area (Å²) in [5.74, 6) is -0.165. The molecule has 0 unspecified atom stereocenters. The number of nitriles is 1. The molecule has 0 spiro atoms. The highest BCUT2D eigenvalue weighted by Gasteiger charge is 2.48. The molecule has 5 nitrogen and oxygen atoms in total. The van der Waals surface area contributed by atoms with Gasteiger partial charge >= 0.3 is 0 Å². The Morgan fingerprint density at radius 2 is 1.94 bits per heavy atom. The molecule has 2 amide bonds. The maximum atomic E-state index is 11.9. The lowest BCUT2D eigenvalue weighted by Crippen LogP contribution is -2.52. The van der Waals surface area contributed by atoms with Gasteiger partial charge in [0.15, 0.2) is 0 Å². The van der Waals surface area contributed by atoms with Crippen LogP contribution in [0.25, 0.3) is 0 Å². The van der Waals surface area contributed by atoms with Crippen LogP contribution in [-0.4, -0.2) is 23.9 Å². The molecule has 0 aromatic rings. The average Bonchev–Trinajstić information content (AvgIpc) is 2.18. The molecule has 0 aromatic carbocycles. The molecule has 0 aliphatic heterocycles. The Morgan fingerprint density at radius 1 is 1.39 bits per heavy atom. The van der Waals surface area contributed by atoms with E-state index in [1.165, 1.54) is 0 Å². The number of hydrogen-bond donors (Lipinski definition) is 2. The molecule has 1 aliphatic rings. The number of carbonyl (C=O) groups is 2. The van der Waals surface area contributed by atoms with Crippen LogP contribution in [0.3, 0.4) is 0 Å². The van der Waals surface area contributed by atoms with Crippen LogP contribution in [0.15, 0.2) is 0 Å². The summed E-state index contributed by atoms with van der Waals surface area (Å²) in [7, 11) is 0. The molecular formula is C13H21N3O2. The van der Waals surface area contributed by atoms with Crippen LogP contribution in [0.1, 0.15) is 40.5 Å². The molecule has 0 atom stereocenters. The second kappa shape index (κ2) is 4.97. The van der Waals surface area contributed by atoms with E-state index in [9.17, 15) is 9.59 Å². The standard InChI is InChI=1S/C13H21N3O2/c1-9-5-13(6-9,8-14)11(18)15-7-10(17)16-12(2,3)4/h9H,5-7H2,1-4H3,(H,15,18)(H,16,17). The van der Waals surface area contributed by atoms with Gasteiger partial charge in [0.2, 0.25) is 11.8 Å². The fourth-order valence-electron chi connectivity index (χ4n) is 2.25. The second-order valence-corrected chi connectivity index (χ2v) is 6.19. The van der Waals surface area contributed by atoms with E-state index in [4.69, 9.17) is 5.26 Å². The molecule has 1 rings (SSSR count). The fraction of sp³-hybridized carbons (Fsp3) is 0.769. The molecule has 0 radical (unpaired) electrons.